The largest absolute Gasteiger partial charge is 0.273 e. The van der Waals surface area contributed by atoms with Crippen LogP contribution in [0.1, 0.15) is 30.1 Å². The second kappa shape index (κ2) is 5.81. The summed E-state index contributed by atoms with van der Waals surface area (Å²) in [5, 5.41) is 8.65. The average Bonchev–Trinajstić information content (AvgIpc) is 3.29. The molecule has 2 aliphatic rings. The minimum absolute atomic E-state index is 0.232. The van der Waals surface area contributed by atoms with Gasteiger partial charge in [0.2, 0.25) is 5.91 Å². The Bertz CT molecular complexity index is 636. The predicted octanol–water partition coefficient (Wildman–Crippen LogP) is 2.54. The van der Waals surface area contributed by atoms with Gasteiger partial charge in [0.1, 0.15) is 0 Å². The lowest BCUT2D eigenvalue weighted by molar-refractivity contribution is -0.122. The van der Waals surface area contributed by atoms with Gasteiger partial charge in [-0.3, -0.25) is 9.59 Å². The van der Waals surface area contributed by atoms with Crippen molar-refractivity contribution in [2.75, 3.05) is 5.75 Å². The van der Waals surface area contributed by atoms with Crippen molar-refractivity contribution in [3.63, 3.8) is 0 Å². The van der Waals surface area contributed by atoms with E-state index in [1.165, 1.54) is 11.8 Å². The van der Waals surface area contributed by atoms with E-state index in [4.69, 9.17) is 0 Å². The first-order valence-electron chi connectivity index (χ1n) is 6.84. The summed E-state index contributed by atoms with van der Waals surface area (Å²) in [5.41, 5.74) is 1.44. The van der Waals surface area contributed by atoms with E-state index in [0.717, 1.165) is 23.5 Å². The molecule has 3 rings (SSSR count). The third-order valence-electron chi connectivity index (χ3n) is 3.45. The average molecular weight is 301 g/mol. The maximum absolute atomic E-state index is 12.4. The fourth-order valence-corrected chi connectivity index (χ4v) is 2.84. The predicted molar refractivity (Wildman–Crippen MR) is 83.3 cm³/mol. The van der Waals surface area contributed by atoms with Crippen molar-refractivity contribution < 1.29 is 9.59 Å². The summed E-state index contributed by atoms with van der Waals surface area (Å²) in [4.78, 5) is 25.5. The molecule has 2 fully saturated rings. The molecule has 1 saturated heterocycles. The minimum Gasteiger partial charge on any atom is -0.273 e. The molecule has 6 heteroatoms. The highest BCUT2D eigenvalue weighted by Gasteiger charge is 2.34. The van der Waals surface area contributed by atoms with Crippen LogP contribution in [0, 0.1) is 5.92 Å². The molecule has 1 aromatic rings. The number of thioether (sulfide) groups is 1. The number of hydrogen-bond donors (Lipinski definition) is 0. The molecule has 2 amide bonds. The van der Waals surface area contributed by atoms with Crippen molar-refractivity contribution in [3.8, 4) is 0 Å². The zero-order chi connectivity index (χ0) is 14.8. The number of amidine groups is 1. The molecule has 0 radical (unpaired) electrons. The Balaban J connectivity index is 1.84. The molecule has 0 atom stereocenters. The number of hydrogen-bond acceptors (Lipinski definition) is 5. The van der Waals surface area contributed by atoms with E-state index in [9.17, 15) is 9.59 Å². The number of carbonyl (C=O) groups is 2. The summed E-state index contributed by atoms with van der Waals surface area (Å²) in [7, 11) is 0. The van der Waals surface area contributed by atoms with E-state index < -0.39 is 0 Å². The molecular weight excluding hydrogens is 286 g/mol. The Morgan fingerprint density at radius 1 is 1.29 bits per heavy atom. The van der Waals surface area contributed by atoms with Crippen LogP contribution in [0.25, 0.3) is 0 Å². The first-order valence-corrected chi connectivity index (χ1v) is 7.82. The molecule has 21 heavy (non-hydrogen) atoms. The number of benzene rings is 1. The lowest BCUT2D eigenvalue weighted by atomic mass is 10.2. The molecule has 0 bridgehead atoms. The van der Waals surface area contributed by atoms with Crippen molar-refractivity contribution >= 4 is 34.5 Å². The number of imide groups is 1. The van der Waals surface area contributed by atoms with E-state index in [0.29, 0.717) is 16.6 Å². The third kappa shape index (κ3) is 3.05. The number of amides is 2. The van der Waals surface area contributed by atoms with Crippen molar-refractivity contribution in [1.29, 1.82) is 0 Å². The SMILES string of the molecule is C/C(=N/N=C1/SCC(=O)N1C(=O)c1ccccc1)C1CC1. The zero-order valence-electron chi connectivity index (χ0n) is 11.7. The van der Waals surface area contributed by atoms with Crippen molar-refractivity contribution in [2.45, 2.75) is 19.8 Å². The first kappa shape index (κ1) is 14.0. The Labute approximate surface area is 127 Å². The highest BCUT2D eigenvalue weighted by Crippen LogP contribution is 2.30. The normalized spacial score (nSPS) is 21.2. The van der Waals surface area contributed by atoms with Crippen LogP contribution in [0.2, 0.25) is 0 Å². The van der Waals surface area contributed by atoms with Crippen LogP contribution < -0.4 is 0 Å². The number of rotatable bonds is 3. The summed E-state index contributed by atoms with van der Waals surface area (Å²) < 4.78 is 0. The molecule has 0 N–H and O–H groups in total. The molecule has 1 aromatic carbocycles. The van der Waals surface area contributed by atoms with E-state index in [2.05, 4.69) is 10.2 Å². The Morgan fingerprint density at radius 2 is 2.00 bits per heavy atom. The summed E-state index contributed by atoms with van der Waals surface area (Å²) >= 11 is 1.25. The van der Waals surface area contributed by atoms with E-state index in [1.54, 1.807) is 24.3 Å². The van der Waals surface area contributed by atoms with Crippen molar-refractivity contribution in [2.24, 2.45) is 16.1 Å². The maximum Gasteiger partial charge on any atom is 0.266 e. The standard InChI is InChI=1S/C15H15N3O2S/c1-10(11-7-8-11)16-17-15-18(13(19)9-21-15)14(20)12-5-3-2-4-6-12/h2-6,11H,7-9H2,1H3/b16-10-,17-15+. The molecule has 0 unspecified atom stereocenters. The van der Waals surface area contributed by atoms with Crippen molar-refractivity contribution in [3.05, 3.63) is 35.9 Å². The molecule has 1 saturated carbocycles. The molecule has 0 spiro atoms. The van der Waals surface area contributed by atoms with Crippen LogP contribution in [-0.2, 0) is 4.79 Å². The van der Waals surface area contributed by atoms with Gasteiger partial charge in [0, 0.05) is 11.3 Å². The topological polar surface area (TPSA) is 62.1 Å². The molecule has 1 heterocycles. The third-order valence-corrected chi connectivity index (χ3v) is 4.36. The first-order chi connectivity index (χ1) is 10.2. The van der Waals surface area contributed by atoms with Crippen LogP contribution in [0.15, 0.2) is 40.5 Å². The van der Waals surface area contributed by atoms with E-state index >= 15 is 0 Å². The fraction of sp³-hybridized carbons (Fsp3) is 0.333. The van der Waals surface area contributed by atoms with Gasteiger partial charge in [0.05, 0.1) is 5.75 Å². The van der Waals surface area contributed by atoms with Gasteiger partial charge in [-0.05, 0) is 37.8 Å². The van der Waals surface area contributed by atoms with Gasteiger partial charge >= 0.3 is 0 Å². The summed E-state index contributed by atoms with van der Waals surface area (Å²) in [5.74, 6) is 0.167. The molecule has 5 nitrogen and oxygen atoms in total. The van der Waals surface area contributed by atoms with Crippen LogP contribution in [0.4, 0.5) is 0 Å². The van der Waals surface area contributed by atoms with Gasteiger partial charge in [-0.15, -0.1) is 5.10 Å². The lowest BCUT2D eigenvalue weighted by Gasteiger charge is -2.13. The van der Waals surface area contributed by atoms with E-state index in [-0.39, 0.29) is 17.6 Å². The monoisotopic (exact) mass is 301 g/mol. The summed E-state index contributed by atoms with van der Waals surface area (Å²) in [6, 6.07) is 8.75. The van der Waals surface area contributed by atoms with Gasteiger partial charge in [-0.25, -0.2) is 4.90 Å². The second-order valence-corrected chi connectivity index (χ2v) is 6.03. The highest BCUT2D eigenvalue weighted by molar-refractivity contribution is 8.15. The van der Waals surface area contributed by atoms with Gasteiger partial charge in [0.25, 0.3) is 5.91 Å². The molecule has 1 aliphatic heterocycles. The van der Waals surface area contributed by atoms with Crippen LogP contribution in [0.3, 0.4) is 0 Å². The molecule has 108 valence electrons. The van der Waals surface area contributed by atoms with Gasteiger partial charge in [-0.1, -0.05) is 30.0 Å². The Morgan fingerprint density at radius 3 is 2.67 bits per heavy atom. The molecular formula is C15H15N3O2S. The van der Waals surface area contributed by atoms with Crippen LogP contribution in [0.5, 0.6) is 0 Å². The summed E-state index contributed by atoms with van der Waals surface area (Å²) in [6.45, 7) is 1.94. The van der Waals surface area contributed by atoms with Gasteiger partial charge in [-0.2, -0.15) is 5.10 Å². The molecule has 1 aliphatic carbocycles. The van der Waals surface area contributed by atoms with E-state index in [1.807, 2.05) is 13.0 Å². The van der Waals surface area contributed by atoms with Gasteiger partial charge < -0.3 is 0 Å². The fourth-order valence-electron chi connectivity index (χ4n) is 2.05. The minimum atomic E-state index is -0.344. The van der Waals surface area contributed by atoms with Crippen LogP contribution in [-0.4, -0.2) is 33.3 Å². The smallest absolute Gasteiger partial charge is 0.266 e. The Kier molecular flexibility index (Phi) is 3.88. The maximum atomic E-state index is 12.4. The van der Waals surface area contributed by atoms with Crippen LogP contribution >= 0.6 is 11.8 Å². The molecule has 0 aromatic heterocycles. The summed E-state index contributed by atoms with van der Waals surface area (Å²) in [6.07, 6.45) is 2.30. The van der Waals surface area contributed by atoms with Gasteiger partial charge in [0.15, 0.2) is 5.17 Å². The second-order valence-electron chi connectivity index (χ2n) is 5.09. The number of nitrogens with zero attached hydrogens (tertiary/aromatic N) is 3. The Hall–Kier alpha value is -1.95. The quantitative estimate of drug-likeness (QED) is 0.489. The van der Waals surface area contributed by atoms with Crippen molar-refractivity contribution in [1.82, 2.24) is 4.90 Å². The lowest BCUT2D eigenvalue weighted by Crippen LogP contribution is -2.35. The number of carbonyl (C=O) groups excluding carboxylic acids is 2. The zero-order valence-corrected chi connectivity index (χ0v) is 12.5. The highest BCUT2D eigenvalue weighted by atomic mass is 32.2.